The maximum absolute atomic E-state index is 12.4. The van der Waals surface area contributed by atoms with E-state index in [1.807, 2.05) is 18.2 Å². The molecule has 0 saturated carbocycles. The summed E-state index contributed by atoms with van der Waals surface area (Å²) in [6, 6.07) is 10.2. The number of amides is 1. The highest BCUT2D eigenvalue weighted by Gasteiger charge is 2.22. The number of nitrogens with one attached hydrogen (secondary N) is 1. The van der Waals surface area contributed by atoms with Crippen LogP contribution in [0.4, 0.5) is 10.5 Å². The van der Waals surface area contributed by atoms with Crippen molar-refractivity contribution in [2.45, 2.75) is 50.3 Å². The minimum atomic E-state index is -4.33. The normalized spacial score (nSPS) is 13.2. The number of rotatable bonds is 6. The molecular weight excluding hydrogens is 390 g/mol. The summed E-state index contributed by atoms with van der Waals surface area (Å²) >= 11 is 0. The van der Waals surface area contributed by atoms with E-state index in [1.165, 1.54) is 17.7 Å². The minimum absolute atomic E-state index is 0.132. The van der Waals surface area contributed by atoms with E-state index in [4.69, 9.17) is 4.74 Å². The number of allylic oxidation sites excluding steroid dienone is 1. The number of anilines is 1. The topological polar surface area (TPSA) is 92.7 Å². The fourth-order valence-electron chi connectivity index (χ4n) is 3.68. The van der Waals surface area contributed by atoms with E-state index < -0.39 is 16.2 Å². The van der Waals surface area contributed by atoms with E-state index in [-0.39, 0.29) is 4.90 Å². The fraction of sp³-hybridized carbons (Fsp3) is 0.318. The number of hydrogen-bond acceptors (Lipinski definition) is 4. The van der Waals surface area contributed by atoms with Crippen molar-refractivity contribution in [1.29, 1.82) is 0 Å². The van der Waals surface area contributed by atoms with Crippen LogP contribution in [-0.4, -0.2) is 19.1 Å². The highest BCUT2D eigenvalue weighted by atomic mass is 32.2. The molecule has 3 rings (SSSR count). The SMILES string of the molecule is CCC(CC)c1ccc(OC(=O)Nc2ccc(S(=O)(=O)O)c3c2C=CCC3)cc1. The van der Waals surface area contributed by atoms with Crippen LogP contribution in [-0.2, 0) is 16.5 Å². The first kappa shape index (κ1) is 21.1. The summed E-state index contributed by atoms with van der Waals surface area (Å²) in [4.78, 5) is 12.2. The first-order valence-electron chi connectivity index (χ1n) is 9.72. The molecule has 0 fully saturated rings. The van der Waals surface area contributed by atoms with E-state index in [0.29, 0.717) is 41.3 Å². The highest BCUT2D eigenvalue weighted by molar-refractivity contribution is 7.85. The number of benzene rings is 2. The van der Waals surface area contributed by atoms with Gasteiger partial charge in [0.1, 0.15) is 5.75 Å². The maximum atomic E-state index is 12.4. The number of hydrogen-bond donors (Lipinski definition) is 2. The van der Waals surface area contributed by atoms with Crippen LogP contribution < -0.4 is 10.1 Å². The molecule has 1 aliphatic rings. The predicted molar refractivity (Wildman–Crippen MR) is 113 cm³/mol. The molecule has 0 radical (unpaired) electrons. The summed E-state index contributed by atoms with van der Waals surface area (Å²) in [6.07, 6.45) is 6.19. The van der Waals surface area contributed by atoms with Crippen molar-refractivity contribution in [3.63, 3.8) is 0 Å². The molecule has 1 aliphatic carbocycles. The Hall–Kier alpha value is -2.64. The average molecular weight is 416 g/mol. The summed E-state index contributed by atoms with van der Waals surface area (Å²) in [5.74, 6) is 0.911. The zero-order valence-corrected chi connectivity index (χ0v) is 17.3. The van der Waals surface area contributed by atoms with Crippen LogP contribution in [0.2, 0.25) is 0 Å². The Morgan fingerprint density at radius 1 is 1.14 bits per heavy atom. The molecule has 154 valence electrons. The van der Waals surface area contributed by atoms with Crippen LogP contribution in [0, 0.1) is 0 Å². The van der Waals surface area contributed by atoms with Crippen molar-refractivity contribution >= 4 is 28.0 Å². The second-order valence-corrected chi connectivity index (χ2v) is 8.41. The maximum Gasteiger partial charge on any atom is 0.417 e. The van der Waals surface area contributed by atoms with Gasteiger partial charge >= 0.3 is 6.09 Å². The zero-order chi connectivity index (χ0) is 21.0. The lowest BCUT2D eigenvalue weighted by atomic mass is 9.94. The fourth-order valence-corrected chi connectivity index (χ4v) is 4.45. The van der Waals surface area contributed by atoms with Gasteiger partial charge in [0.25, 0.3) is 10.1 Å². The standard InChI is InChI=1S/C22H25NO5S/c1-3-15(4-2)16-9-11-17(12-10-16)28-22(24)23-20-13-14-21(29(25,26)27)19-8-6-5-7-18(19)20/h5,7,9-15H,3-4,6,8H2,1-2H3,(H,23,24)(H,25,26,27). The quantitative estimate of drug-likeness (QED) is 0.616. The number of carbonyl (C=O) groups excluding carboxylic acids is 1. The monoisotopic (exact) mass is 415 g/mol. The van der Waals surface area contributed by atoms with Gasteiger partial charge in [0, 0.05) is 5.56 Å². The van der Waals surface area contributed by atoms with Gasteiger partial charge in [-0.05, 0) is 67.0 Å². The van der Waals surface area contributed by atoms with Crippen LogP contribution in [0.3, 0.4) is 0 Å². The van der Waals surface area contributed by atoms with Crippen LogP contribution >= 0.6 is 0 Å². The largest absolute Gasteiger partial charge is 0.417 e. The second kappa shape index (κ2) is 8.80. The Labute approximate surface area is 171 Å². The van der Waals surface area contributed by atoms with Crippen LogP contribution in [0.15, 0.2) is 47.4 Å². The van der Waals surface area contributed by atoms with E-state index in [1.54, 1.807) is 18.2 Å². The number of carbonyl (C=O) groups is 1. The second-order valence-electron chi connectivity index (χ2n) is 7.02. The Morgan fingerprint density at radius 3 is 2.45 bits per heavy atom. The van der Waals surface area contributed by atoms with Crippen LogP contribution in [0.1, 0.15) is 55.7 Å². The van der Waals surface area contributed by atoms with Crippen LogP contribution in [0.5, 0.6) is 5.75 Å². The molecule has 0 saturated heterocycles. The van der Waals surface area contributed by atoms with Crippen molar-refractivity contribution in [3.8, 4) is 5.75 Å². The van der Waals surface area contributed by atoms with E-state index in [9.17, 15) is 17.8 Å². The Morgan fingerprint density at radius 2 is 1.83 bits per heavy atom. The van der Waals surface area contributed by atoms with E-state index >= 15 is 0 Å². The third-order valence-electron chi connectivity index (χ3n) is 5.22. The summed E-state index contributed by atoms with van der Waals surface area (Å²) < 4.78 is 38.0. The molecule has 0 atom stereocenters. The molecule has 0 unspecified atom stereocenters. The first-order valence-corrected chi connectivity index (χ1v) is 11.2. The van der Waals surface area contributed by atoms with Gasteiger partial charge in [0.2, 0.25) is 0 Å². The molecule has 1 amide bonds. The Bertz CT molecular complexity index is 1020. The third-order valence-corrected chi connectivity index (χ3v) is 6.16. The first-order chi connectivity index (χ1) is 13.8. The lowest BCUT2D eigenvalue weighted by Crippen LogP contribution is -2.19. The highest BCUT2D eigenvalue weighted by Crippen LogP contribution is 2.32. The molecule has 0 aromatic heterocycles. The van der Waals surface area contributed by atoms with Gasteiger partial charge in [-0.2, -0.15) is 8.42 Å². The summed E-state index contributed by atoms with van der Waals surface area (Å²) in [6.45, 7) is 4.29. The van der Waals surface area contributed by atoms with Gasteiger partial charge in [-0.25, -0.2) is 4.79 Å². The number of fused-ring (bicyclic) bond motifs is 1. The molecule has 7 heteroatoms. The molecular formula is C22H25NO5S. The lowest BCUT2D eigenvalue weighted by Gasteiger charge is -2.18. The molecule has 2 N–H and O–H groups in total. The minimum Gasteiger partial charge on any atom is -0.410 e. The molecule has 2 aromatic rings. The van der Waals surface area contributed by atoms with Gasteiger partial charge in [-0.3, -0.25) is 9.87 Å². The Balaban J connectivity index is 1.77. The smallest absolute Gasteiger partial charge is 0.410 e. The zero-order valence-electron chi connectivity index (χ0n) is 16.5. The van der Waals surface area contributed by atoms with Gasteiger partial charge in [0.15, 0.2) is 0 Å². The van der Waals surface area contributed by atoms with Gasteiger partial charge in [-0.1, -0.05) is 38.1 Å². The van der Waals surface area contributed by atoms with E-state index in [0.717, 1.165) is 12.8 Å². The van der Waals surface area contributed by atoms with Crippen molar-refractivity contribution in [1.82, 2.24) is 0 Å². The summed E-state index contributed by atoms with van der Waals surface area (Å²) in [5, 5.41) is 2.67. The molecule has 0 heterocycles. The number of ether oxygens (including phenoxy) is 1. The Kier molecular flexibility index (Phi) is 6.39. The van der Waals surface area contributed by atoms with Gasteiger partial charge < -0.3 is 4.74 Å². The van der Waals surface area contributed by atoms with Crippen molar-refractivity contribution in [2.75, 3.05) is 5.32 Å². The van der Waals surface area contributed by atoms with Crippen molar-refractivity contribution in [2.24, 2.45) is 0 Å². The predicted octanol–water partition coefficient (Wildman–Crippen LogP) is 5.41. The van der Waals surface area contributed by atoms with Gasteiger partial charge in [0.05, 0.1) is 10.6 Å². The molecule has 2 aromatic carbocycles. The molecule has 0 aliphatic heterocycles. The molecule has 6 nitrogen and oxygen atoms in total. The van der Waals surface area contributed by atoms with Crippen LogP contribution in [0.25, 0.3) is 6.08 Å². The van der Waals surface area contributed by atoms with Crippen molar-refractivity contribution < 1.29 is 22.5 Å². The van der Waals surface area contributed by atoms with Crippen molar-refractivity contribution in [3.05, 3.63) is 59.2 Å². The third kappa shape index (κ3) is 4.86. The summed E-state index contributed by atoms with van der Waals surface area (Å²) in [7, 11) is -4.33. The molecule has 0 spiro atoms. The molecule has 29 heavy (non-hydrogen) atoms. The van der Waals surface area contributed by atoms with E-state index in [2.05, 4.69) is 19.2 Å². The van der Waals surface area contributed by atoms with Gasteiger partial charge in [-0.15, -0.1) is 0 Å². The summed E-state index contributed by atoms with van der Waals surface area (Å²) in [5.41, 5.74) is 2.69. The lowest BCUT2D eigenvalue weighted by molar-refractivity contribution is 0.215. The average Bonchev–Trinajstić information content (AvgIpc) is 2.69. The molecule has 0 bridgehead atoms.